The van der Waals surface area contributed by atoms with Gasteiger partial charge in [-0.05, 0) is 42.5 Å². The Balaban J connectivity index is 1.44. The molecule has 3 aliphatic heterocycles. The monoisotopic (exact) mass is 452 g/mol. The second-order valence-electron chi connectivity index (χ2n) is 8.76. The molecule has 1 aromatic rings. The molecule has 0 radical (unpaired) electrons. The molecule has 9 atom stereocenters. The van der Waals surface area contributed by atoms with Crippen LogP contribution in [-0.2, 0) is 34.9 Å². The van der Waals surface area contributed by atoms with Gasteiger partial charge in [-0.25, -0.2) is 0 Å². The van der Waals surface area contributed by atoms with Crippen LogP contribution in [0.4, 0.5) is 0 Å². The minimum atomic E-state index is -1.33. The zero-order valence-electron chi connectivity index (χ0n) is 17.9. The van der Waals surface area contributed by atoms with E-state index in [0.29, 0.717) is 18.0 Å². The summed E-state index contributed by atoms with van der Waals surface area (Å²) in [5.41, 5.74) is 1.88. The number of aliphatic hydroxyl groups excluding tert-OH is 2. The summed E-state index contributed by atoms with van der Waals surface area (Å²) in [6.45, 7) is 4.69. The normalized spacial score (nSPS) is 40.3. The fourth-order valence-corrected chi connectivity index (χ4v) is 5.00. The molecule has 1 aliphatic carbocycles. The molecular formula is C22H28O10. The fourth-order valence-electron chi connectivity index (χ4n) is 5.00. The second kappa shape index (κ2) is 8.77. The standard InChI is InChI=1S/C22H28O10/c1-10-3-12-4-15-16(29-9-28-15)5-13(12)20(14(10)6-26-8-23)32-22-19(25)18(24)21-17(31-22)7-27-11(2)30-21/h4-5,8,10-11,14,17-22,24-25H,3,6-7,9H2,1-2H3. The molecule has 5 rings (SSSR count). The Morgan fingerprint density at radius 3 is 2.69 bits per heavy atom. The van der Waals surface area contributed by atoms with E-state index < -0.39 is 43.1 Å². The molecule has 0 saturated carbocycles. The lowest BCUT2D eigenvalue weighted by molar-refractivity contribution is -0.365. The van der Waals surface area contributed by atoms with Crippen molar-refractivity contribution in [1.29, 1.82) is 0 Å². The molecule has 32 heavy (non-hydrogen) atoms. The highest BCUT2D eigenvalue weighted by molar-refractivity contribution is 5.50. The van der Waals surface area contributed by atoms with Gasteiger partial charge in [-0.15, -0.1) is 0 Å². The SMILES string of the molecule is CC1OCC2OC(OC3c4cc5c(cc4CC(C)C3COC=O)OCO5)C(O)C(O)C2O1. The van der Waals surface area contributed by atoms with Gasteiger partial charge >= 0.3 is 0 Å². The van der Waals surface area contributed by atoms with E-state index in [-0.39, 0.29) is 31.8 Å². The Morgan fingerprint density at radius 1 is 1.12 bits per heavy atom. The molecule has 3 heterocycles. The zero-order chi connectivity index (χ0) is 22.4. The summed E-state index contributed by atoms with van der Waals surface area (Å²) in [4.78, 5) is 10.9. The van der Waals surface area contributed by atoms with Gasteiger partial charge in [0.25, 0.3) is 6.47 Å². The lowest BCUT2D eigenvalue weighted by Gasteiger charge is -2.47. The highest BCUT2D eigenvalue weighted by Crippen LogP contribution is 2.47. The van der Waals surface area contributed by atoms with Crippen LogP contribution in [0.3, 0.4) is 0 Å². The van der Waals surface area contributed by atoms with Gasteiger partial charge in [-0.3, -0.25) is 4.79 Å². The maximum atomic E-state index is 10.9. The largest absolute Gasteiger partial charge is 0.467 e. The highest BCUT2D eigenvalue weighted by atomic mass is 16.8. The number of carbonyl (C=O) groups is 1. The molecule has 0 spiro atoms. The number of ether oxygens (including phenoxy) is 7. The molecule has 10 heteroatoms. The maximum Gasteiger partial charge on any atom is 0.293 e. The van der Waals surface area contributed by atoms with E-state index in [4.69, 9.17) is 33.2 Å². The summed E-state index contributed by atoms with van der Waals surface area (Å²) in [6.07, 6.45) is -5.30. The summed E-state index contributed by atoms with van der Waals surface area (Å²) in [6, 6.07) is 3.81. The van der Waals surface area contributed by atoms with E-state index >= 15 is 0 Å². The minimum Gasteiger partial charge on any atom is -0.467 e. The molecular weight excluding hydrogens is 424 g/mol. The third kappa shape index (κ3) is 3.85. The molecule has 2 fully saturated rings. The summed E-state index contributed by atoms with van der Waals surface area (Å²) in [5.74, 6) is 1.19. The smallest absolute Gasteiger partial charge is 0.293 e. The van der Waals surface area contributed by atoms with Gasteiger partial charge in [0.05, 0.1) is 19.3 Å². The van der Waals surface area contributed by atoms with Crippen LogP contribution < -0.4 is 9.47 Å². The van der Waals surface area contributed by atoms with Gasteiger partial charge in [0.1, 0.15) is 24.4 Å². The van der Waals surface area contributed by atoms with Crippen LogP contribution >= 0.6 is 0 Å². The van der Waals surface area contributed by atoms with Crippen LogP contribution in [0.5, 0.6) is 11.5 Å². The first-order chi connectivity index (χ1) is 15.5. The number of hydrogen-bond donors (Lipinski definition) is 2. The van der Waals surface area contributed by atoms with Gasteiger partial charge in [0.15, 0.2) is 24.1 Å². The molecule has 0 bridgehead atoms. The first kappa shape index (κ1) is 21.9. The Bertz CT molecular complexity index is 844. The summed E-state index contributed by atoms with van der Waals surface area (Å²) < 4.78 is 39.6. The number of carbonyl (C=O) groups excluding carboxylic acids is 1. The molecule has 2 saturated heterocycles. The van der Waals surface area contributed by atoms with Gasteiger partial charge in [0, 0.05) is 5.92 Å². The molecule has 0 aromatic heterocycles. The summed E-state index contributed by atoms with van der Waals surface area (Å²) >= 11 is 0. The Kier molecular flexibility index (Phi) is 5.99. The lowest BCUT2D eigenvalue weighted by atomic mass is 9.74. The number of aliphatic hydroxyl groups is 2. The zero-order valence-corrected chi connectivity index (χ0v) is 17.9. The van der Waals surface area contributed by atoms with Crippen molar-refractivity contribution in [2.24, 2.45) is 11.8 Å². The maximum absolute atomic E-state index is 10.9. The molecule has 4 aliphatic rings. The minimum absolute atomic E-state index is 0.105. The van der Waals surface area contributed by atoms with Crippen molar-refractivity contribution >= 4 is 6.47 Å². The molecule has 2 N–H and O–H groups in total. The van der Waals surface area contributed by atoms with Crippen LogP contribution in [0.25, 0.3) is 0 Å². The predicted molar refractivity (Wildman–Crippen MR) is 106 cm³/mol. The topological polar surface area (TPSA) is 122 Å². The third-order valence-electron chi connectivity index (χ3n) is 6.72. The highest BCUT2D eigenvalue weighted by Gasteiger charge is 2.50. The fraction of sp³-hybridized carbons (Fsp3) is 0.682. The predicted octanol–water partition coefficient (Wildman–Crippen LogP) is 0.662. The van der Waals surface area contributed by atoms with Crippen LogP contribution in [0.1, 0.15) is 31.1 Å². The van der Waals surface area contributed by atoms with Crippen molar-refractivity contribution in [1.82, 2.24) is 0 Å². The second-order valence-corrected chi connectivity index (χ2v) is 8.76. The van der Waals surface area contributed by atoms with E-state index in [1.807, 2.05) is 12.1 Å². The molecule has 176 valence electrons. The van der Waals surface area contributed by atoms with E-state index in [2.05, 4.69) is 6.92 Å². The first-order valence-electron chi connectivity index (χ1n) is 10.9. The van der Waals surface area contributed by atoms with Gasteiger partial charge in [0.2, 0.25) is 6.79 Å². The van der Waals surface area contributed by atoms with Crippen LogP contribution in [0.2, 0.25) is 0 Å². The van der Waals surface area contributed by atoms with E-state index in [9.17, 15) is 15.0 Å². The average molecular weight is 452 g/mol. The van der Waals surface area contributed by atoms with Crippen molar-refractivity contribution in [3.63, 3.8) is 0 Å². The van der Waals surface area contributed by atoms with Crippen LogP contribution in [-0.4, -0.2) is 73.7 Å². The quantitative estimate of drug-likeness (QED) is 0.616. The van der Waals surface area contributed by atoms with Gasteiger partial charge in [-0.2, -0.15) is 0 Å². The van der Waals surface area contributed by atoms with E-state index in [1.54, 1.807) is 6.92 Å². The third-order valence-corrected chi connectivity index (χ3v) is 6.72. The van der Waals surface area contributed by atoms with E-state index in [0.717, 1.165) is 17.5 Å². The van der Waals surface area contributed by atoms with Gasteiger partial charge < -0.3 is 43.4 Å². The number of fused-ring (bicyclic) bond motifs is 3. The summed E-state index contributed by atoms with van der Waals surface area (Å²) in [5, 5.41) is 21.4. The Morgan fingerprint density at radius 2 is 1.91 bits per heavy atom. The van der Waals surface area contributed by atoms with Gasteiger partial charge in [-0.1, -0.05) is 6.92 Å². The number of rotatable bonds is 5. The van der Waals surface area contributed by atoms with Crippen molar-refractivity contribution in [2.75, 3.05) is 20.0 Å². The van der Waals surface area contributed by atoms with Crippen molar-refractivity contribution < 1.29 is 48.2 Å². The van der Waals surface area contributed by atoms with Crippen LogP contribution in [0.15, 0.2) is 12.1 Å². The average Bonchev–Trinajstić information content (AvgIpc) is 3.23. The summed E-state index contributed by atoms with van der Waals surface area (Å²) in [7, 11) is 0. The van der Waals surface area contributed by atoms with E-state index in [1.165, 1.54) is 0 Å². The molecule has 10 nitrogen and oxygen atoms in total. The Labute approximate surface area is 185 Å². The molecule has 9 unspecified atom stereocenters. The Hall–Kier alpha value is -1.95. The molecule has 0 amide bonds. The lowest BCUT2D eigenvalue weighted by Crippen LogP contribution is -2.63. The first-order valence-corrected chi connectivity index (χ1v) is 10.9. The van der Waals surface area contributed by atoms with Crippen molar-refractivity contribution in [2.45, 2.75) is 63.4 Å². The van der Waals surface area contributed by atoms with Crippen molar-refractivity contribution in [3.8, 4) is 11.5 Å². The molecule has 1 aromatic carbocycles. The van der Waals surface area contributed by atoms with Crippen LogP contribution in [0, 0.1) is 11.8 Å². The number of hydrogen-bond acceptors (Lipinski definition) is 10. The number of benzene rings is 1. The van der Waals surface area contributed by atoms with Crippen molar-refractivity contribution in [3.05, 3.63) is 23.3 Å².